The van der Waals surface area contributed by atoms with Crippen molar-refractivity contribution in [2.45, 2.75) is 12.8 Å². The molecule has 0 fully saturated rings. The third-order valence-corrected chi connectivity index (χ3v) is 1.74. The largest absolute Gasteiger partial charge is 0.394 e. The van der Waals surface area contributed by atoms with Crippen molar-refractivity contribution in [3.63, 3.8) is 0 Å². The molecule has 0 aliphatic heterocycles. The van der Waals surface area contributed by atoms with Gasteiger partial charge < -0.3 is 15.2 Å². The Hall–Kier alpha value is -0.130. The molecule has 0 saturated carbocycles. The minimum absolute atomic E-state index is 0.0515. The molecule has 0 radical (unpaired) electrons. The van der Waals surface area contributed by atoms with Gasteiger partial charge in [0.1, 0.15) is 0 Å². The summed E-state index contributed by atoms with van der Waals surface area (Å²) in [6.07, 6.45) is 1.30. The minimum atomic E-state index is 0.0515. The minimum Gasteiger partial charge on any atom is -0.394 e. The maximum absolute atomic E-state index is 10.9. The molecule has 2 N–H and O–H groups in total. The predicted molar refractivity (Wildman–Crippen MR) is 53.9 cm³/mol. The van der Waals surface area contributed by atoms with Crippen LogP contribution in [0.5, 0.6) is 0 Å². The van der Waals surface area contributed by atoms with Crippen molar-refractivity contribution in [2.24, 2.45) is 0 Å². The van der Waals surface area contributed by atoms with Gasteiger partial charge in [0.2, 0.25) is 5.91 Å². The van der Waals surface area contributed by atoms with Gasteiger partial charge in [-0.2, -0.15) is 0 Å². The number of rotatable bonds is 8. The van der Waals surface area contributed by atoms with Crippen LogP contribution in [0.4, 0.5) is 0 Å². The number of amides is 1. The number of hydrogen-bond acceptors (Lipinski definition) is 3. The Morgan fingerprint density at radius 2 is 2.23 bits per heavy atom. The van der Waals surface area contributed by atoms with Gasteiger partial charge in [-0.3, -0.25) is 4.79 Å². The topological polar surface area (TPSA) is 58.6 Å². The van der Waals surface area contributed by atoms with E-state index in [0.717, 1.165) is 6.42 Å². The number of alkyl halides is 1. The summed E-state index contributed by atoms with van der Waals surface area (Å²) in [5.74, 6) is 0.0547. The lowest BCUT2D eigenvalue weighted by Gasteiger charge is -2.04. The number of hydrogen-bond donors (Lipinski definition) is 2. The third-order valence-electron chi connectivity index (χ3n) is 1.34. The van der Waals surface area contributed by atoms with Crippen molar-refractivity contribution in [3.05, 3.63) is 0 Å². The first-order valence-corrected chi connectivity index (χ1v) is 5.44. The third kappa shape index (κ3) is 9.79. The standard InChI is InChI=1S/C8H16BrNO3/c9-3-2-8(12)10-4-1-6-13-7-5-11/h11H,1-7H2,(H,10,12). The van der Waals surface area contributed by atoms with Gasteiger partial charge in [0.05, 0.1) is 13.2 Å². The van der Waals surface area contributed by atoms with E-state index in [0.29, 0.717) is 31.5 Å². The van der Waals surface area contributed by atoms with Crippen LogP contribution in [0.15, 0.2) is 0 Å². The Morgan fingerprint density at radius 1 is 1.46 bits per heavy atom. The van der Waals surface area contributed by atoms with E-state index >= 15 is 0 Å². The quantitative estimate of drug-likeness (QED) is 0.483. The summed E-state index contributed by atoms with van der Waals surface area (Å²) < 4.78 is 5.01. The maximum Gasteiger partial charge on any atom is 0.220 e. The van der Waals surface area contributed by atoms with E-state index in [1.165, 1.54) is 0 Å². The molecule has 0 unspecified atom stereocenters. The van der Waals surface area contributed by atoms with Gasteiger partial charge in [-0.15, -0.1) is 0 Å². The smallest absolute Gasteiger partial charge is 0.220 e. The first kappa shape index (κ1) is 12.9. The highest BCUT2D eigenvalue weighted by atomic mass is 79.9. The van der Waals surface area contributed by atoms with E-state index in [9.17, 15) is 4.79 Å². The van der Waals surface area contributed by atoms with Crippen molar-refractivity contribution >= 4 is 21.8 Å². The van der Waals surface area contributed by atoms with E-state index in [2.05, 4.69) is 21.2 Å². The van der Waals surface area contributed by atoms with E-state index in [4.69, 9.17) is 9.84 Å². The second-order valence-corrected chi connectivity index (χ2v) is 3.27. The van der Waals surface area contributed by atoms with Crippen molar-refractivity contribution < 1.29 is 14.6 Å². The van der Waals surface area contributed by atoms with Crippen LogP contribution in [0.1, 0.15) is 12.8 Å². The zero-order valence-electron chi connectivity index (χ0n) is 7.59. The van der Waals surface area contributed by atoms with Crippen LogP contribution in [0.25, 0.3) is 0 Å². The Labute approximate surface area is 86.8 Å². The molecule has 5 heteroatoms. The summed E-state index contributed by atoms with van der Waals surface area (Å²) in [6, 6.07) is 0. The van der Waals surface area contributed by atoms with Crippen LogP contribution >= 0.6 is 15.9 Å². The lowest BCUT2D eigenvalue weighted by Crippen LogP contribution is -2.25. The highest BCUT2D eigenvalue weighted by molar-refractivity contribution is 9.09. The fraction of sp³-hybridized carbons (Fsp3) is 0.875. The van der Waals surface area contributed by atoms with Crippen LogP contribution in [0, 0.1) is 0 Å². The molecule has 0 spiro atoms. The zero-order valence-corrected chi connectivity index (χ0v) is 9.18. The number of aliphatic hydroxyl groups excluding tert-OH is 1. The molecule has 0 saturated heterocycles. The molecular weight excluding hydrogens is 238 g/mol. The Kier molecular flexibility index (Phi) is 9.85. The van der Waals surface area contributed by atoms with Gasteiger partial charge in [0.25, 0.3) is 0 Å². The summed E-state index contributed by atoms with van der Waals surface area (Å²) in [5, 5.41) is 11.8. The van der Waals surface area contributed by atoms with Crippen molar-refractivity contribution in [3.8, 4) is 0 Å². The SMILES string of the molecule is O=C(CCBr)NCCCOCCO. The van der Waals surface area contributed by atoms with E-state index < -0.39 is 0 Å². The molecule has 0 atom stereocenters. The second-order valence-electron chi connectivity index (χ2n) is 2.48. The highest BCUT2D eigenvalue weighted by Gasteiger charge is 1.97. The van der Waals surface area contributed by atoms with Crippen molar-refractivity contribution in [2.75, 3.05) is 31.7 Å². The molecule has 0 aromatic heterocycles. The van der Waals surface area contributed by atoms with Gasteiger partial charge in [-0.25, -0.2) is 0 Å². The molecule has 0 rings (SSSR count). The first-order valence-electron chi connectivity index (χ1n) is 4.32. The van der Waals surface area contributed by atoms with Crippen molar-refractivity contribution in [1.82, 2.24) is 5.32 Å². The van der Waals surface area contributed by atoms with Gasteiger partial charge in [-0.05, 0) is 6.42 Å². The number of carbonyl (C=O) groups excluding carboxylic acids is 1. The summed E-state index contributed by atoms with van der Waals surface area (Å²) >= 11 is 3.18. The normalized spacial score (nSPS) is 10.0. The Bertz CT molecular complexity index is 133. The van der Waals surface area contributed by atoms with E-state index in [1.807, 2.05) is 0 Å². The van der Waals surface area contributed by atoms with E-state index in [-0.39, 0.29) is 12.5 Å². The number of carbonyl (C=O) groups is 1. The predicted octanol–water partition coefficient (Wildman–Crippen LogP) is 0.287. The monoisotopic (exact) mass is 253 g/mol. The summed E-state index contributed by atoms with van der Waals surface area (Å²) in [6.45, 7) is 1.64. The zero-order chi connectivity index (χ0) is 9.94. The fourth-order valence-corrected chi connectivity index (χ4v) is 1.10. The maximum atomic E-state index is 10.9. The fourth-order valence-electron chi connectivity index (χ4n) is 0.743. The van der Waals surface area contributed by atoms with Gasteiger partial charge in [-0.1, -0.05) is 15.9 Å². The van der Waals surface area contributed by atoms with E-state index in [1.54, 1.807) is 0 Å². The highest BCUT2D eigenvalue weighted by Crippen LogP contribution is 1.87. The molecule has 0 aliphatic carbocycles. The first-order chi connectivity index (χ1) is 6.31. The lowest BCUT2D eigenvalue weighted by molar-refractivity contribution is -0.120. The number of halogens is 1. The Balaban J connectivity index is 3.02. The molecule has 0 aromatic rings. The molecule has 4 nitrogen and oxygen atoms in total. The van der Waals surface area contributed by atoms with Crippen LogP contribution in [0.3, 0.4) is 0 Å². The molecular formula is C8H16BrNO3. The van der Waals surface area contributed by atoms with Gasteiger partial charge in [0.15, 0.2) is 0 Å². The average Bonchev–Trinajstić information content (AvgIpc) is 2.11. The molecule has 0 heterocycles. The van der Waals surface area contributed by atoms with Crippen LogP contribution in [0.2, 0.25) is 0 Å². The van der Waals surface area contributed by atoms with Crippen LogP contribution < -0.4 is 5.32 Å². The van der Waals surface area contributed by atoms with Crippen molar-refractivity contribution in [1.29, 1.82) is 0 Å². The Morgan fingerprint density at radius 3 is 2.85 bits per heavy atom. The number of nitrogens with one attached hydrogen (secondary N) is 1. The van der Waals surface area contributed by atoms with Crippen LogP contribution in [-0.4, -0.2) is 42.7 Å². The molecule has 0 aliphatic rings. The molecule has 78 valence electrons. The number of ether oxygens (including phenoxy) is 1. The lowest BCUT2D eigenvalue weighted by atomic mass is 10.4. The summed E-state index contributed by atoms with van der Waals surface area (Å²) in [7, 11) is 0. The van der Waals surface area contributed by atoms with Gasteiger partial charge in [0, 0.05) is 24.9 Å². The molecule has 1 amide bonds. The summed E-state index contributed by atoms with van der Waals surface area (Å²) in [5.41, 5.74) is 0. The van der Waals surface area contributed by atoms with Gasteiger partial charge >= 0.3 is 0 Å². The number of aliphatic hydroxyl groups is 1. The molecule has 0 aromatic carbocycles. The summed E-state index contributed by atoms with van der Waals surface area (Å²) in [4.78, 5) is 10.9. The van der Waals surface area contributed by atoms with Crippen LogP contribution in [-0.2, 0) is 9.53 Å². The molecule has 0 bridgehead atoms. The average molecular weight is 254 g/mol. The second kappa shape index (κ2) is 9.95. The molecule has 13 heavy (non-hydrogen) atoms.